The van der Waals surface area contributed by atoms with Crippen molar-refractivity contribution in [3.05, 3.63) is 16.1 Å². The molecule has 0 amide bonds. The minimum Gasteiger partial charge on any atom is -0.393 e. The standard InChI is InChI=1S/C13H22N2OS/c1-10(16)6-12-9-17-13(14-12)7-11-4-3-5-15(2)8-11/h9-11,16H,3-8H2,1-2H3. The van der Waals surface area contributed by atoms with Gasteiger partial charge in [0.05, 0.1) is 16.8 Å². The van der Waals surface area contributed by atoms with E-state index in [4.69, 9.17) is 0 Å². The average Bonchev–Trinajstić information content (AvgIpc) is 2.64. The summed E-state index contributed by atoms with van der Waals surface area (Å²) in [5.74, 6) is 0.763. The second-order valence-electron chi connectivity index (χ2n) is 5.26. The maximum absolute atomic E-state index is 9.33. The highest BCUT2D eigenvalue weighted by molar-refractivity contribution is 7.09. The fourth-order valence-corrected chi connectivity index (χ4v) is 3.45. The summed E-state index contributed by atoms with van der Waals surface area (Å²) < 4.78 is 0. The summed E-state index contributed by atoms with van der Waals surface area (Å²) in [5, 5.41) is 12.7. The number of hydrogen-bond donors (Lipinski definition) is 1. The van der Waals surface area contributed by atoms with Crippen molar-refractivity contribution in [3.8, 4) is 0 Å². The van der Waals surface area contributed by atoms with Crippen LogP contribution < -0.4 is 0 Å². The average molecular weight is 254 g/mol. The SMILES string of the molecule is CC(O)Cc1csc(CC2CCCN(C)C2)n1. The molecule has 0 radical (unpaired) electrons. The Morgan fingerprint density at radius 2 is 2.47 bits per heavy atom. The van der Waals surface area contributed by atoms with E-state index in [2.05, 4.69) is 22.3 Å². The van der Waals surface area contributed by atoms with E-state index in [1.54, 1.807) is 11.3 Å². The summed E-state index contributed by atoms with van der Waals surface area (Å²) in [7, 11) is 2.20. The second-order valence-corrected chi connectivity index (χ2v) is 6.20. The normalized spacial score (nSPS) is 23.8. The minimum absolute atomic E-state index is 0.286. The van der Waals surface area contributed by atoms with Crippen LogP contribution in [0.5, 0.6) is 0 Å². The van der Waals surface area contributed by atoms with Gasteiger partial charge >= 0.3 is 0 Å². The second kappa shape index (κ2) is 5.94. The molecule has 0 spiro atoms. The van der Waals surface area contributed by atoms with E-state index in [9.17, 15) is 5.11 Å². The molecule has 1 aliphatic heterocycles. The van der Waals surface area contributed by atoms with E-state index >= 15 is 0 Å². The van der Waals surface area contributed by atoms with E-state index < -0.39 is 0 Å². The van der Waals surface area contributed by atoms with E-state index in [0.717, 1.165) is 18.0 Å². The molecule has 4 heteroatoms. The third-order valence-corrected chi connectivity index (χ3v) is 4.21. The maximum atomic E-state index is 9.33. The molecule has 1 N–H and O–H groups in total. The molecule has 2 rings (SSSR count). The van der Waals surface area contributed by atoms with E-state index in [-0.39, 0.29) is 6.10 Å². The quantitative estimate of drug-likeness (QED) is 0.892. The number of nitrogens with zero attached hydrogens (tertiary/aromatic N) is 2. The zero-order valence-corrected chi connectivity index (χ0v) is 11.5. The van der Waals surface area contributed by atoms with Crippen LogP contribution in [-0.4, -0.2) is 41.2 Å². The Bertz CT molecular complexity index is 351. The van der Waals surface area contributed by atoms with Gasteiger partial charge in [-0.1, -0.05) is 0 Å². The lowest BCUT2D eigenvalue weighted by Gasteiger charge is -2.29. The van der Waals surface area contributed by atoms with Crippen LogP contribution in [0.15, 0.2) is 5.38 Å². The molecule has 0 saturated carbocycles. The number of hydrogen-bond acceptors (Lipinski definition) is 4. The Morgan fingerprint density at radius 3 is 3.18 bits per heavy atom. The summed E-state index contributed by atoms with van der Waals surface area (Å²) in [5.41, 5.74) is 1.05. The van der Waals surface area contributed by atoms with E-state index in [0.29, 0.717) is 6.42 Å². The molecule has 1 aromatic rings. The van der Waals surface area contributed by atoms with Gasteiger partial charge in [-0.05, 0) is 39.3 Å². The van der Waals surface area contributed by atoms with Crippen LogP contribution in [0, 0.1) is 5.92 Å². The lowest BCUT2D eigenvalue weighted by atomic mass is 9.95. The molecule has 2 unspecified atom stereocenters. The van der Waals surface area contributed by atoms with Gasteiger partial charge < -0.3 is 10.0 Å². The zero-order chi connectivity index (χ0) is 12.3. The monoisotopic (exact) mass is 254 g/mol. The topological polar surface area (TPSA) is 36.4 Å². The van der Waals surface area contributed by atoms with Gasteiger partial charge in [-0.3, -0.25) is 0 Å². The maximum Gasteiger partial charge on any atom is 0.0931 e. The first-order chi connectivity index (χ1) is 8.13. The number of piperidine rings is 1. The molecule has 2 atom stereocenters. The van der Waals surface area contributed by atoms with Crippen molar-refractivity contribution in [3.63, 3.8) is 0 Å². The largest absolute Gasteiger partial charge is 0.393 e. The first-order valence-corrected chi connectivity index (χ1v) is 7.31. The highest BCUT2D eigenvalue weighted by atomic mass is 32.1. The lowest BCUT2D eigenvalue weighted by Crippen LogP contribution is -2.32. The van der Waals surface area contributed by atoms with Crippen molar-refractivity contribution in [1.29, 1.82) is 0 Å². The number of aliphatic hydroxyl groups is 1. The number of thiazole rings is 1. The minimum atomic E-state index is -0.286. The van der Waals surface area contributed by atoms with Gasteiger partial charge in [-0.25, -0.2) is 4.98 Å². The number of likely N-dealkylation sites (tertiary alicyclic amines) is 1. The molecule has 96 valence electrons. The fraction of sp³-hybridized carbons (Fsp3) is 0.769. The third kappa shape index (κ3) is 4.05. The van der Waals surface area contributed by atoms with Crippen molar-refractivity contribution in [2.45, 2.75) is 38.7 Å². The molecule has 1 aliphatic rings. The van der Waals surface area contributed by atoms with Gasteiger partial charge in [0, 0.05) is 24.8 Å². The number of rotatable bonds is 4. The predicted molar refractivity (Wildman–Crippen MR) is 71.4 cm³/mol. The van der Waals surface area contributed by atoms with Crippen LogP contribution in [0.2, 0.25) is 0 Å². The van der Waals surface area contributed by atoms with Gasteiger partial charge in [-0.2, -0.15) is 0 Å². The number of aliphatic hydroxyl groups excluding tert-OH is 1. The molecule has 1 saturated heterocycles. The predicted octanol–water partition coefficient (Wildman–Crippen LogP) is 1.95. The molecule has 1 fully saturated rings. The van der Waals surface area contributed by atoms with E-state index in [1.165, 1.54) is 30.9 Å². The fourth-order valence-electron chi connectivity index (χ4n) is 2.53. The van der Waals surface area contributed by atoms with E-state index in [1.807, 2.05) is 6.92 Å². The van der Waals surface area contributed by atoms with Gasteiger partial charge in [-0.15, -0.1) is 11.3 Å². The first-order valence-electron chi connectivity index (χ1n) is 6.43. The summed E-state index contributed by atoms with van der Waals surface area (Å²) in [6, 6.07) is 0. The molecule has 1 aromatic heterocycles. The first kappa shape index (κ1) is 13.0. The highest BCUT2D eigenvalue weighted by Crippen LogP contribution is 2.22. The van der Waals surface area contributed by atoms with Crippen LogP contribution in [0.4, 0.5) is 0 Å². The van der Waals surface area contributed by atoms with Crippen LogP contribution >= 0.6 is 11.3 Å². The Morgan fingerprint density at radius 1 is 1.65 bits per heavy atom. The lowest BCUT2D eigenvalue weighted by molar-refractivity contribution is 0.194. The van der Waals surface area contributed by atoms with Gasteiger partial charge in [0.2, 0.25) is 0 Å². The molecular weight excluding hydrogens is 232 g/mol. The summed E-state index contributed by atoms with van der Waals surface area (Å²) in [6.45, 7) is 4.25. The Kier molecular flexibility index (Phi) is 4.54. The van der Waals surface area contributed by atoms with Crippen molar-refractivity contribution in [2.75, 3.05) is 20.1 Å². The number of aromatic nitrogens is 1. The van der Waals surface area contributed by atoms with Crippen molar-refractivity contribution >= 4 is 11.3 Å². The Labute approximate surface area is 107 Å². The summed E-state index contributed by atoms with van der Waals surface area (Å²) in [6.07, 6.45) is 4.14. The van der Waals surface area contributed by atoms with Crippen LogP contribution in [0.25, 0.3) is 0 Å². The highest BCUT2D eigenvalue weighted by Gasteiger charge is 2.18. The summed E-state index contributed by atoms with van der Waals surface area (Å²) >= 11 is 1.75. The molecule has 3 nitrogen and oxygen atoms in total. The molecule has 0 bridgehead atoms. The van der Waals surface area contributed by atoms with Gasteiger partial charge in [0.15, 0.2) is 0 Å². The van der Waals surface area contributed by atoms with Gasteiger partial charge in [0.1, 0.15) is 0 Å². The molecule has 0 aromatic carbocycles. The summed E-state index contributed by atoms with van der Waals surface area (Å²) in [4.78, 5) is 7.02. The Balaban J connectivity index is 1.87. The van der Waals surface area contributed by atoms with Crippen molar-refractivity contribution in [2.24, 2.45) is 5.92 Å². The molecule has 0 aliphatic carbocycles. The Hall–Kier alpha value is -0.450. The smallest absolute Gasteiger partial charge is 0.0931 e. The van der Waals surface area contributed by atoms with Gasteiger partial charge in [0.25, 0.3) is 0 Å². The van der Waals surface area contributed by atoms with Crippen LogP contribution in [-0.2, 0) is 12.8 Å². The van der Waals surface area contributed by atoms with Crippen LogP contribution in [0.1, 0.15) is 30.5 Å². The molecule has 2 heterocycles. The van der Waals surface area contributed by atoms with Crippen LogP contribution in [0.3, 0.4) is 0 Å². The van der Waals surface area contributed by atoms with Crippen molar-refractivity contribution in [1.82, 2.24) is 9.88 Å². The molecule has 17 heavy (non-hydrogen) atoms. The van der Waals surface area contributed by atoms with Crippen molar-refractivity contribution < 1.29 is 5.11 Å². The zero-order valence-electron chi connectivity index (χ0n) is 10.7. The molecular formula is C13H22N2OS. The third-order valence-electron chi connectivity index (χ3n) is 3.29.